The van der Waals surface area contributed by atoms with Crippen molar-refractivity contribution in [2.24, 2.45) is 0 Å². The first kappa shape index (κ1) is 13.0. The van der Waals surface area contributed by atoms with Crippen LogP contribution in [-0.2, 0) is 9.53 Å². The van der Waals surface area contributed by atoms with Crippen molar-refractivity contribution in [2.45, 2.75) is 6.92 Å². The minimum Gasteiger partial charge on any atom is -0.463 e. The third-order valence-electron chi connectivity index (χ3n) is 2.60. The summed E-state index contributed by atoms with van der Waals surface area (Å²) in [5.74, 6) is -0.322. The monoisotopic (exact) mass is 253 g/mol. The van der Waals surface area contributed by atoms with Crippen molar-refractivity contribution in [3.8, 4) is 11.1 Å². The van der Waals surface area contributed by atoms with Gasteiger partial charge >= 0.3 is 5.97 Å². The molecule has 3 nitrogen and oxygen atoms in total. The van der Waals surface area contributed by atoms with E-state index in [9.17, 15) is 4.79 Å². The van der Waals surface area contributed by atoms with Gasteiger partial charge in [-0.25, -0.2) is 4.79 Å². The summed E-state index contributed by atoms with van der Waals surface area (Å²) in [6.45, 7) is 2.18. The molecule has 1 aromatic heterocycles. The lowest BCUT2D eigenvalue weighted by molar-refractivity contribution is -0.137. The van der Waals surface area contributed by atoms with Gasteiger partial charge in [0.05, 0.1) is 6.61 Å². The highest BCUT2D eigenvalue weighted by molar-refractivity contribution is 5.87. The van der Waals surface area contributed by atoms with E-state index >= 15 is 0 Å². The van der Waals surface area contributed by atoms with Crippen LogP contribution in [0.25, 0.3) is 17.2 Å². The summed E-state index contributed by atoms with van der Waals surface area (Å²) in [6, 6.07) is 11.9. The standard InChI is InChI=1S/C16H15NO2/c1-2-19-16(18)7-6-13-4-3-5-15(12-13)14-8-10-17-11-9-14/h3-12H,2H2,1H3. The van der Waals surface area contributed by atoms with Crippen LogP contribution >= 0.6 is 0 Å². The van der Waals surface area contributed by atoms with E-state index in [1.807, 2.05) is 36.4 Å². The number of pyridine rings is 1. The third kappa shape index (κ3) is 3.78. The fourth-order valence-corrected chi connectivity index (χ4v) is 1.72. The molecule has 0 aliphatic rings. The van der Waals surface area contributed by atoms with Crippen LogP contribution in [0.1, 0.15) is 12.5 Å². The Balaban J connectivity index is 2.18. The van der Waals surface area contributed by atoms with Crippen molar-refractivity contribution in [3.05, 3.63) is 60.4 Å². The zero-order chi connectivity index (χ0) is 13.5. The Bertz CT molecular complexity index is 576. The SMILES string of the molecule is CCOC(=O)C=Cc1cccc(-c2ccncc2)c1. The van der Waals surface area contributed by atoms with Crippen LogP contribution in [0, 0.1) is 0 Å². The number of hydrogen-bond acceptors (Lipinski definition) is 3. The van der Waals surface area contributed by atoms with Gasteiger partial charge < -0.3 is 4.74 Å². The molecule has 1 heterocycles. The van der Waals surface area contributed by atoms with E-state index in [0.717, 1.165) is 16.7 Å². The number of aromatic nitrogens is 1. The number of carbonyl (C=O) groups excluding carboxylic acids is 1. The smallest absolute Gasteiger partial charge is 0.330 e. The molecule has 0 saturated heterocycles. The first-order valence-corrected chi connectivity index (χ1v) is 6.15. The highest BCUT2D eigenvalue weighted by atomic mass is 16.5. The second-order valence-corrected chi connectivity index (χ2v) is 3.95. The van der Waals surface area contributed by atoms with E-state index in [-0.39, 0.29) is 5.97 Å². The molecule has 0 aliphatic carbocycles. The van der Waals surface area contributed by atoms with E-state index < -0.39 is 0 Å². The second kappa shape index (κ2) is 6.50. The fourth-order valence-electron chi connectivity index (χ4n) is 1.72. The highest BCUT2D eigenvalue weighted by Gasteiger charge is 1.98. The quantitative estimate of drug-likeness (QED) is 0.619. The molecule has 2 rings (SSSR count). The molecule has 0 aliphatic heterocycles. The van der Waals surface area contributed by atoms with E-state index in [0.29, 0.717) is 6.61 Å². The molecule has 0 bridgehead atoms. The molecular formula is C16H15NO2. The molecule has 0 fully saturated rings. The van der Waals surface area contributed by atoms with E-state index in [4.69, 9.17) is 4.74 Å². The molecule has 0 spiro atoms. The molecule has 1 aromatic carbocycles. The van der Waals surface area contributed by atoms with Crippen molar-refractivity contribution < 1.29 is 9.53 Å². The minimum absolute atomic E-state index is 0.322. The highest BCUT2D eigenvalue weighted by Crippen LogP contribution is 2.19. The van der Waals surface area contributed by atoms with Crippen LogP contribution in [0.4, 0.5) is 0 Å². The lowest BCUT2D eigenvalue weighted by Crippen LogP contribution is -1.98. The molecule has 3 heteroatoms. The number of rotatable bonds is 4. The molecule has 0 N–H and O–H groups in total. The summed E-state index contributed by atoms with van der Waals surface area (Å²) in [5, 5.41) is 0. The molecule has 0 atom stereocenters. The third-order valence-corrected chi connectivity index (χ3v) is 2.60. The summed E-state index contributed by atoms with van der Waals surface area (Å²) in [4.78, 5) is 15.3. The molecule has 0 saturated carbocycles. The summed E-state index contributed by atoms with van der Waals surface area (Å²) in [6.07, 6.45) is 6.71. The van der Waals surface area contributed by atoms with Gasteiger partial charge in [-0.3, -0.25) is 4.98 Å². The average Bonchev–Trinajstić information content (AvgIpc) is 2.47. The first-order chi connectivity index (χ1) is 9.29. The Kier molecular flexibility index (Phi) is 4.45. The zero-order valence-electron chi connectivity index (χ0n) is 10.7. The molecule has 0 amide bonds. The largest absolute Gasteiger partial charge is 0.463 e. The van der Waals surface area contributed by atoms with Gasteiger partial charge in [-0.15, -0.1) is 0 Å². The molecular weight excluding hydrogens is 238 g/mol. The summed E-state index contributed by atoms with van der Waals surface area (Å²) >= 11 is 0. The maximum absolute atomic E-state index is 11.3. The van der Waals surface area contributed by atoms with Gasteiger partial charge in [-0.2, -0.15) is 0 Å². The average molecular weight is 253 g/mol. The maximum Gasteiger partial charge on any atom is 0.330 e. The number of carbonyl (C=O) groups is 1. The molecule has 0 unspecified atom stereocenters. The first-order valence-electron chi connectivity index (χ1n) is 6.15. The topological polar surface area (TPSA) is 39.2 Å². The van der Waals surface area contributed by atoms with Gasteiger partial charge in [-0.1, -0.05) is 18.2 Å². The Hall–Kier alpha value is -2.42. The van der Waals surface area contributed by atoms with Gasteiger partial charge in [0.1, 0.15) is 0 Å². The Morgan fingerprint density at radius 1 is 1.21 bits per heavy atom. The lowest BCUT2D eigenvalue weighted by Gasteiger charge is -2.02. The van der Waals surface area contributed by atoms with Crippen LogP contribution in [-0.4, -0.2) is 17.6 Å². The zero-order valence-corrected chi connectivity index (χ0v) is 10.7. The van der Waals surface area contributed by atoms with Crippen LogP contribution in [0.5, 0.6) is 0 Å². The van der Waals surface area contributed by atoms with Crippen molar-refractivity contribution >= 4 is 12.0 Å². The number of esters is 1. The van der Waals surface area contributed by atoms with Gasteiger partial charge in [0, 0.05) is 18.5 Å². The normalized spacial score (nSPS) is 10.6. The predicted molar refractivity (Wildman–Crippen MR) is 75.3 cm³/mol. The Labute approximate surface area is 112 Å². The fraction of sp³-hybridized carbons (Fsp3) is 0.125. The van der Waals surface area contributed by atoms with Crippen molar-refractivity contribution in [2.75, 3.05) is 6.61 Å². The maximum atomic E-state index is 11.3. The number of benzene rings is 1. The second-order valence-electron chi connectivity index (χ2n) is 3.95. The van der Waals surface area contributed by atoms with Crippen molar-refractivity contribution in [1.82, 2.24) is 4.98 Å². The van der Waals surface area contributed by atoms with E-state index in [1.165, 1.54) is 6.08 Å². The van der Waals surface area contributed by atoms with Crippen LogP contribution in [0.3, 0.4) is 0 Å². The Morgan fingerprint density at radius 2 is 2.00 bits per heavy atom. The number of ether oxygens (including phenoxy) is 1. The van der Waals surface area contributed by atoms with E-state index in [1.54, 1.807) is 25.4 Å². The number of nitrogens with zero attached hydrogens (tertiary/aromatic N) is 1. The molecule has 96 valence electrons. The van der Waals surface area contributed by atoms with Gasteiger partial charge in [0.15, 0.2) is 0 Å². The predicted octanol–water partition coefficient (Wildman–Crippen LogP) is 3.32. The summed E-state index contributed by atoms with van der Waals surface area (Å²) < 4.78 is 4.84. The van der Waals surface area contributed by atoms with Gasteiger partial charge in [0.2, 0.25) is 0 Å². The van der Waals surface area contributed by atoms with Gasteiger partial charge in [-0.05, 0) is 47.9 Å². The minimum atomic E-state index is -0.322. The van der Waals surface area contributed by atoms with Crippen LogP contribution < -0.4 is 0 Å². The van der Waals surface area contributed by atoms with Crippen molar-refractivity contribution in [1.29, 1.82) is 0 Å². The Morgan fingerprint density at radius 3 is 2.74 bits per heavy atom. The van der Waals surface area contributed by atoms with Crippen LogP contribution in [0.2, 0.25) is 0 Å². The number of hydrogen-bond donors (Lipinski definition) is 0. The van der Waals surface area contributed by atoms with E-state index in [2.05, 4.69) is 4.98 Å². The summed E-state index contributed by atoms with van der Waals surface area (Å²) in [5.41, 5.74) is 3.15. The lowest BCUT2D eigenvalue weighted by atomic mass is 10.0. The molecule has 19 heavy (non-hydrogen) atoms. The molecule has 2 aromatic rings. The molecule has 0 radical (unpaired) electrons. The van der Waals surface area contributed by atoms with Crippen LogP contribution in [0.15, 0.2) is 54.9 Å². The van der Waals surface area contributed by atoms with Crippen molar-refractivity contribution in [3.63, 3.8) is 0 Å². The van der Waals surface area contributed by atoms with Gasteiger partial charge in [0.25, 0.3) is 0 Å². The summed E-state index contributed by atoms with van der Waals surface area (Å²) in [7, 11) is 0.